The monoisotopic (exact) mass is 300 g/mol. The topological polar surface area (TPSA) is 95.4 Å². The Labute approximate surface area is 120 Å². The molecule has 4 N–H and O–H groups in total. The van der Waals surface area contributed by atoms with E-state index in [0.29, 0.717) is 23.5 Å². The number of nitrogens with two attached hydrogens (primary N) is 2. The SMILES string of the molecule is COC(=O)C(N)CCSCc1ccc(C(N)=O)cc1F. The first-order valence-electron chi connectivity index (χ1n) is 5.95. The molecule has 1 atom stereocenters. The molecule has 0 aliphatic carbocycles. The molecule has 0 saturated carbocycles. The molecular formula is C13H17FN2O3S. The van der Waals surface area contributed by atoms with Gasteiger partial charge in [0.2, 0.25) is 5.91 Å². The van der Waals surface area contributed by atoms with Crippen LogP contribution >= 0.6 is 11.8 Å². The highest BCUT2D eigenvalue weighted by Gasteiger charge is 2.13. The summed E-state index contributed by atoms with van der Waals surface area (Å²) in [5.41, 5.74) is 11.3. The van der Waals surface area contributed by atoms with E-state index in [9.17, 15) is 14.0 Å². The van der Waals surface area contributed by atoms with E-state index in [0.717, 1.165) is 6.07 Å². The lowest BCUT2D eigenvalue weighted by molar-refractivity contribution is -0.142. The lowest BCUT2D eigenvalue weighted by Crippen LogP contribution is -2.31. The van der Waals surface area contributed by atoms with E-state index in [1.54, 1.807) is 0 Å². The molecule has 0 fully saturated rings. The van der Waals surface area contributed by atoms with Gasteiger partial charge in [-0.25, -0.2) is 4.39 Å². The first kappa shape index (κ1) is 16.5. The van der Waals surface area contributed by atoms with Crippen molar-refractivity contribution in [2.24, 2.45) is 11.5 Å². The first-order chi connectivity index (χ1) is 9.45. The molecule has 0 bridgehead atoms. The average Bonchev–Trinajstić information content (AvgIpc) is 2.43. The fourth-order valence-electron chi connectivity index (χ4n) is 1.48. The van der Waals surface area contributed by atoms with Crippen LogP contribution in [-0.4, -0.2) is 30.8 Å². The predicted molar refractivity (Wildman–Crippen MR) is 75.7 cm³/mol. The maximum atomic E-state index is 13.7. The normalized spacial score (nSPS) is 11.9. The molecule has 0 radical (unpaired) electrons. The van der Waals surface area contributed by atoms with Gasteiger partial charge in [0.15, 0.2) is 0 Å². The van der Waals surface area contributed by atoms with Gasteiger partial charge in [-0.3, -0.25) is 9.59 Å². The van der Waals surface area contributed by atoms with Crippen LogP contribution in [0.3, 0.4) is 0 Å². The second-order valence-corrected chi connectivity index (χ2v) is 5.25. The number of esters is 1. The number of primary amides is 1. The molecule has 1 rings (SSSR count). The molecule has 1 aromatic carbocycles. The number of hydrogen-bond acceptors (Lipinski definition) is 5. The molecule has 0 spiro atoms. The van der Waals surface area contributed by atoms with Crippen LogP contribution in [0.4, 0.5) is 4.39 Å². The minimum absolute atomic E-state index is 0.143. The van der Waals surface area contributed by atoms with Crippen LogP contribution in [0.15, 0.2) is 18.2 Å². The summed E-state index contributed by atoms with van der Waals surface area (Å²) in [5, 5.41) is 0. The van der Waals surface area contributed by atoms with Crippen LogP contribution in [0.1, 0.15) is 22.3 Å². The smallest absolute Gasteiger partial charge is 0.322 e. The third kappa shape index (κ3) is 4.82. The van der Waals surface area contributed by atoms with Gasteiger partial charge in [0.25, 0.3) is 0 Å². The van der Waals surface area contributed by atoms with E-state index >= 15 is 0 Å². The van der Waals surface area contributed by atoms with E-state index in [1.165, 1.54) is 31.0 Å². The fraction of sp³-hybridized carbons (Fsp3) is 0.385. The molecule has 7 heteroatoms. The Bertz CT molecular complexity index is 497. The molecule has 0 aliphatic rings. The van der Waals surface area contributed by atoms with Crippen molar-refractivity contribution in [3.63, 3.8) is 0 Å². The van der Waals surface area contributed by atoms with Crippen molar-refractivity contribution in [2.75, 3.05) is 12.9 Å². The lowest BCUT2D eigenvalue weighted by atomic mass is 10.1. The molecule has 20 heavy (non-hydrogen) atoms. The van der Waals surface area contributed by atoms with Crippen LogP contribution in [0.5, 0.6) is 0 Å². The molecule has 0 aliphatic heterocycles. The Morgan fingerprint density at radius 3 is 2.70 bits per heavy atom. The van der Waals surface area contributed by atoms with Gasteiger partial charge in [-0.05, 0) is 29.9 Å². The van der Waals surface area contributed by atoms with Crippen molar-refractivity contribution in [3.8, 4) is 0 Å². The van der Waals surface area contributed by atoms with Crippen molar-refractivity contribution >= 4 is 23.6 Å². The molecule has 110 valence electrons. The van der Waals surface area contributed by atoms with Gasteiger partial charge in [-0.2, -0.15) is 11.8 Å². The minimum atomic E-state index is -0.660. The Morgan fingerprint density at radius 1 is 1.45 bits per heavy atom. The summed E-state index contributed by atoms with van der Waals surface area (Å²) >= 11 is 1.45. The summed E-state index contributed by atoms with van der Waals surface area (Å²) in [4.78, 5) is 22.0. The fourth-order valence-corrected chi connectivity index (χ4v) is 2.50. The number of carbonyl (C=O) groups excluding carboxylic acids is 2. The highest BCUT2D eigenvalue weighted by atomic mass is 32.2. The number of carbonyl (C=O) groups is 2. The van der Waals surface area contributed by atoms with Crippen molar-refractivity contribution in [1.29, 1.82) is 0 Å². The zero-order valence-corrected chi connectivity index (χ0v) is 11.9. The van der Waals surface area contributed by atoms with E-state index in [1.807, 2.05) is 0 Å². The third-order valence-electron chi connectivity index (χ3n) is 2.67. The Morgan fingerprint density at radius 2 is 2.15 bits per heavy atom. The highest BCUT2D eigenvalue weighted by Crippen LogP contribution is 2.18. The van der Waals surface area contributed by atoms with Gasteiger partial charge in [-0.1, -0.05) is 6.07 Å². The summed E-state index contributed by atoms with van der Waals surface area (Å²) in [5.74, 6) is -0.549. The molecule has 1 unspecified atom stereocenters. The second kappa shape index (κ2) is 7.86. The largest absolute Gasteiger partial charge is 0.468 e. The van der Waals surface area contributed by atoms with Crippen LogP contribution in [-0.2, 0) is 15.3 Å². The maximum Gasteiger partial charge on any atom is 0.322 e. The Balaban J connectivity index is 2.43. The van der Waals surface area contributed by atoms with Crippen molar-refractivity contribution in [3.05, 3.63) is 35.1 Å². The Hall–Kier alpha value is -1.60. The predicted octanol–water partition coefficient (Wildman–Crippen LogP) is 1.05. The summed E-state index contributed by atoms with van der Waals surface area (Å²) in [6.07, 6.45) is 0.457. The number of ether oxygens (including phenoxy) is 1. The number of amides is 1. The van der Waals surface area contributed by atoms with E-state index in [2.05, 4.69) is 4.74 Å². The number of thioether (sulfide) groups is 1. The molecule has 0 heterocycles. The zero-order valence-electron chi connectivity index (χ0n) is 11.1. The van der Waals surface area contributed by atoms with Gasteiger partial charge in [-0.15, -0.1) is 0 Å². The van der Waals surface area contributed by atoms with Gasteiger partial charge >= 0.3 is 5.97 Å². The molecule has 1 amide bonds. The summed E-state index contributed by atoms with van der Waals surface area (Å²) in [6.45, 7) is 0. The van der Waals surface area contributed by atoms with Gasteiger partial charge in [0, 0.05) is 11.3 Å². The number of hydrogen-bond donors (Lipinski definition) is 2. The van der Waals surface area contributed by atoms with Crippen molar-refractivity contribution in [2.45, 2.75) is 18.2 Å². The number of halogens is 1. The lowest BCUT2D eigenvalue weighted by Gasteiger charge is -2.09. The Kier molecular flexibility index (Phi) is 6.47. The standard InChI is InChI=1S/C13H17FN2O3S/c1-19-13(18)11(15)4-5-20-7-9-3-2-8(12(16)17)6-10(9)14/h2-3,6,11H,4-5,7,15H2,1H3,(H2,16,17). The summed E-state index contributed by atoms with van der Waals surface area (Å²) in [6, 6.07) is 3.48. The van der Waals surface area contributed by atoms with Crippen LogP contribution in [0.2, 0.25) is 0 Å². The summed E-state index contributed by atoms with van der Waals surface area (Å²) in [7, 11) is 1.28. The second-order valence-electron chi connectivity index (χ2n) is 4.14. The van der Waals surface area contributed by atoms with Gasteiger partial charge in [0.1, 0.15) is 11.9 Å². The molecule has 0 aromatic heterocycles. The third-order valence-corrected chi connectivity index (χ3v) is 3.71. The summed E-state index contributed by atoms with van der Waals surface area (Å²) < 4.78 is 18.2. The minimum Gasteiger partial charge on any atom is -0.468 e. The van der Waals surface area contributed by atoms with Crippen LogP contribution in [0.25, 0.3) is 0 Å². The number of benzene rings is 1. The van der Waals surface area contributed by atoms with Crippen LogP contribution < -0.4 is 11.5 Å². The first-order valence-corrected chi connectivity index (χ1v) is 7.10. The maximum absolute atomic E-state index is 13.7. The zero-order chi connectivity index (χ0) is 15.1. The van der Waals surface area contributed by atoms with Crippen LogP contribution in [0, 0.1) is 5.82 Å². The number of methoxy groups -OCH3 is 1. The van der Waals surface area contributed by atoms with Gasteiger partial charge in [0.05, 0.1) is 7.11 Å². The molecule has 5 nitrogen and oxygen atoms in total. The van der Waals surface area contributed by atoms with E-state index in [4.69, 9.17) is 11.5 Å². The van der Waals surface area contributed by atoms with E-state index < -0.39 is 23.7 Å². The van der Waals surface area contributed by atoms with Gasteiger partial charge < -0.3 is 16.2 Å². The molecule has 0 saturated heterocycles. The van der Waals surface area contributed by atoms with Crippen molar-refractivity contribution in [1.82, 2.24) is 0 Å². The number of rotatable bonds is 7. The average molecular weight is 300 g/mol. The van der Waals surface area contributed by atoms with E-state index in [-0.39, 0.29) is 5.56 Å². The van der Waals surface area contributed by atoms with Crippen molar-refractivity contribution < 1.29 is 18.7 Å². The molecular weight excluding hydrogens is 283 g/mol. The highest BCUT2D eigenvalue weighted by molar-refractivity contribution is 7.98. The quantitative estimate of drug-likeness (QED) is 0.579. The molecule has 1 aromatic rings.